The fraction of sp³-hybridized carbons (Fsp3) is 0.684. The molecule has 25 heavy (non-hydrogen) atoms. The number of hydrogen-bond donors (Lipinski definition) is 1. The van der Waals surface area contributed by atoms with Crippen LogP contribution in [0.15, 0.2) is 23.3 Å². The van der Waals surface area contributed by atoms with Crippen molar-refractivity contribution >= 4 is 35.8 Å². The van der Waals surface area contributed by atoms with E-state index in [1.807, 2.05) is 13.2 Å². The van der Waals surface area contributed by atoms with Crippen LogP contribution in [0.25, 0.3) is 0 Å². The van der Waals surface area contributed by atoms with E-state index in [1.54, 1.807) is 0 Å². The second kappa shape index (κ2) is 8.56. The molecule has 0 aromatic carbocycles. The van der Waals surface area contributed by atoms with E-state index in [0.717, 1.165) is 38.0 Å². The van der Waals surface area contributed by atoms with Gasteiger partial charge < -0.3 is 15.1 Å². The molecule has 0 spiro atoms. The number of pyridine rings is 1. The molecule has 0 aliphatic carbocycles. The predicted molar refractivity (Wildman–Crippen MR) is 118 cm³/mol. The average molecular weight is 459 g/mol. The largest absolute Gasteiger partial charge is 0.357 e. The molecule has 2 rings (SSSR count). The van der Waals surface area contributed by atoms with Crippen LogP contribution in [-0.2, 0) is 6.54 Å². The zero-order valence-corrected chi connectivity index (χ0v) is 19.1. The first-order valence-corrected chi connectivity index (χ1v) is 8.95. The monoisotopic (exact) mass is 459 g/mol. The zero-order chi connectivity index (χ0) is 18.0. The number of aromatic nitrogens is 1. The lowest BCUT2D eigenvalue weighted by molar-refractivity contribution is -0.0667. The number of guanidine groups is 1. The number of hydrogen-bond acceptors (Lipinski definition) is 3. The third-order valence-corrected chi connectivity index (χ3v) is 5.70. The molecule has 1 aromatic rings. The Morgan fingerprint density at radius 2 is 1.88 bits per heavy atom. The molecule has 0 atom stereocenters. The molecule has 1 aliphatic heterocycles. The van der Waals surface area contributed by atoms with Crippen LogP contribution in [-0.4, -0.2) is 48.1 Å². The predicted octanol–water partition coefficient (Wildman–Crippen LogP) is 3.74. The van der Waals surface area contributed by atoms with Gasteiger partial charge in [0.2, 0.25) is 0 Å². The Hall–Kier alpha value is -1.05. The number of anilines is 1. The van der Waals surface area contributed by atoms with Gasteiger partial charge in [0.15, 0.2) is 5.96 Å². The summed E-state index contributed by atoms with van der Waals surface area (Å²) >= 11 is 0. The van der Waals surface area contributed by atoms with E-state index in [-0.39, 0.29) is 29.5 Å². The molecule has 1 saturated heterocycles. The molecule has 0 amide bonds. The third kappa shape index (κ3) is 4.38. The maximum absolute atomic E-state index is 4.59. The van der Waals surface area contributed by atoms with Crippen LogP contribution >= 0.6 is 24.0 Å². The van der Waals surface area contributed by atoms with Gasteiger partial charge in [-0.15, -0.1) is 24.0 Å². The Bertz CT molecular complexity index is 576. The highest BCUT2D eigenvalue weighted by molar-refractivity contribution is 14.0. The maximum Gasteiger partial charge on any atom is 0.194 e. The number of halogens is 1. The maximum atomic E-state index is 4.59. The van der Waals surface area contributed by atoms with Crippen LogP contribution in [0, 0.1) is 5.41 Å². The first kappa shape index (κ1) is 22.0. The van der Waals surface area contributed by atoms with Crippen molar-refractivity contribution in [1.82, 2.24) is 15.2 Å². The lowest BCUT2D eigenvalue weighted by Crippen LogP contribution is -2.72. The van der Waals surface area contributed by atoms with Gasteiger partial charge in [0, 0.05) is 50.4 Å². The molecular formula is C19H34IN5. The van der Waals surface area contributed by atoms with Crippen molar-refractivity contribution in [2.45, 2.75) is 53.6 Å². The lowest BCUT2D eigenvalue weighted by atomic mass is 9.65. The fourth-order valence-corrected chi connectivity index (χ4v) is 3.13. The Morgan fingerprint density at radius 3 is 2.28 bits per heavy atom. The van der Waals surface area contributed by atoms with Crippen molar-refractivity contribution in [3.05, 3.63) is 23.9 Å². The molecular weight excluding hydrogens is 425 g/mol. The molecule has 2 heterocycles. The zero-order valence-electron chi connectivity index (χ0n) is 16.8. The van der Waals surface area contributed by atoms with E-state index in [1.165, 1.54) is 5.56 Å². The minimum absolute atomic E-state index is 0. The van der Waals surface area contributed by atoms with Gasteiger partial charge in [0.1, 0.15) is 5.82 Å². The van der Waals surface area contributed by atoms with Gasteiger partial charge in [-0.05, 0) is 39.3 Å². The molecule has 1 aromatic heterocycles. The molecule has 0 unspecified atom stereocenters. The highest BCUT2D eigenvalue weighted by Crippen LogP contribution is 2.46. The summed E-state index contributed by atoms with van der Waals surface area (Å²) in [6.45, 7) is 17.2. The number of nitrogens with zero attached hydrogens (tertiary/aromatic N) is 4. The molecule has 1 fully saturated rings. The Labute approximate surface area is 170 Å². The van der Waals surface area contributed by atoms with E-state index >= 15 is 0 Å². The molecule has 5 nitrogen and oxygen atoms in total. The third-order valence-electron chi connectivity index (χ3n) is 5.70. The number of likely N-dealkylation sites (tertiary alicyclic amines) is 1. The van der Waals surface area contributed by atoms with Gasteiger partial charge >= 0.3 is 0 Å². The highest BCUT2D eigenvalue weighted by atomic mass is 127. The summed E-state index contributed by atoms with van der Waals surface area (Å²) in [5, 5.41) is 3.48. The molecule has 1 aliphatic rings. The normalized spacial score (nSPS) is 18.2. The topological polar surface area (TPSA) is 43.8 Å². The van der Waals surface area contributed by atoms with E-state index in [0.29, 0.717) is 5.41 Å². The highest BCUT2D eigenvalue weighted by Gasteiger charge is 2.53. The van der Waals surface area contributed by atoms with Crippen LogP contribution in [0.5, 0.6) is 0 Å². The lowest BCUT2D eigenvalue weighted by Gasteiger charge is -2.62. The smallest absolute Gasteiger partial charge is 0.194 e. The summed E-state index contributed by atoms with van der Waals surface area (Å²) in [5.41, 5.74) is 1.58. The van der Waals surface area contributed by atoms with Crippen molar-refractivity contribution in [3.63, 3.8) is 0 Å². The fourth-order valence-electron chi connectivity index (χ4n) is 3.13. The molecule has 6 heteroatoms. The summed E-state index contributed by atoms with van der Waals surface area (Å²) in [6, 6.07) is 4.25. The first-order valence-electron chi connectivity index (χ1n) is 8.95. The number of nitrogens with one attached hydrogen (secondary N) is 1. The van der Waals surface area contributed by atoms with E-state index in [4.69, 9.17) is 0 Å². The van der Waals surface area contributed by atoms with Crippen LogP contribution in [0.1, 0.15) is 47.1 Å². The summed E-state index contributed by atoms with van der Waals surface area (Å²) < 4.78 is 0. The average Bonchev–Trinajstić information content (AvgIpc) is 2.56. The molecule has 0 radical (unpaired) electrons. The van der Waals surface area contributed by atoms with Crippen molar-refractivity contribution in [1.29, 1.82) is 0 Å². The Morgan fingerprint density at radius 1 is 1.24 bits per heavy atom. The number of aliphatic imine (C=N–C) groups is 1. The summed E-state index contributed by atoms with van der Waals surface area (Å²) in [7, 11) is 1.85. The van der Waals surface area contributed by atoms with Crippen molar-refractivity contribution in [2.24, 2.45) is 10.4 Å². The van der Waals surface area contributed by atoms with Crippen molar-refractivity contribution in [3.8, 4) is 0 Å². The molecule has 0 saturated carbocycles. The van der Waals surface area contributed by atoms with Gasteiger partial charge in [0.05, 0.1) is 0 Å². The SMILES string of the molecule is CCN(CC)c1ccc(CNC(=NC)N2CC(C)(C)C2(C)C)cn1.I. The van der Waals surface area contributed by atoms with E-state index < -0.39 is 0 Å². The quantitative estimate of drug-likeness (QED) is 0.414. The van der Waals surface area contributed by atoms with Gasteiger partial charge in [0.25, 0.3) is 0 Å². The van der Waals surface area contributed by atoms with Crippen molar-refractivity contribution < 1.29 is 0 Å². The van der Waals surface area contributed by atoms with Crippen LogP contribution < -0.4 is 10.2 Å². The minimum Gasteiger partial charge on any atom is -0.357 e. The summed E-state index contributed by atoms with van der Waals surface area (Å²) in [4.78, 5) is 13.7. The summed E-state index contributed by atoms with van der Waals surface area (Å²) in [5.74, 6) is 2.01. The van der Waals surface area contributed by atoms with Gasteiger partial charge in [-0.3, -0.25) is 4.99 Å². The molecule has 142 valence electrons. The standard InChI is InChI=1S/C19H33N5.HI/c1-8-23(9-2)16-11-10-15(12-21-16)13-22-17(20-7)24-14-18(3,4)19(24,5)6;/h10-12H,8-9,13-14H2,1-7H3,(H,20,22);1H. The van der Waals surface area contributed by atoms with E-state index in [2.05, 4.69) is 78.8 Å². The van der Waals surface area contributed by atoms with Gasteiger partial charge in [-0.1, -0.05) is 19.9 Å². The minimum atomic E-state index is 0. The Balaban J connectivity index is 0.00000312. The second-order valence-electron chi connectivity index (χ2n) is 7.63. The van der Waals surface area contributed by atoms with Gasteiger partial charge in [-0.25, -0.2) is 4.98 Å². The Kier molecular flexibility index (Phi) is 7.53. The van der Waals surface area contributed by atoms with Gasteiger partial charge in [-0.2, -0.15) is 0 Å². The van der Waals surface area contributed by atoms with Crippen LogP contribution in [0.2, 0.25) is 0 Å². The molecule has 1 N–H and O–H groups in total. The second-order valence-corrected chi connectivity index (χ2v) is 7.63. The van der Waals surface area contributed by atoms with Crippen molar-refractivity contribution in [2.75, 3.05) is 31.6 Å². The van der Waals surface area contributed by atoms with E-state index in [9.17, 15) is 0 Å². The van der Waals surface area contributed by atoms with Crippen LogP contribution in [0.4, 0.5) is 5.82 Å². The molecule has 0 bridgehead atoms. The summed E-state index contributed by atoms with van der Waals surface area (Å²) in [6.07, 6.45) is 1.96. The first-order chi connectivity index (χ1) is 11.3. The number of rotatable bonds is 5. The van der Waals surface area contributed by atoms with Crippen LogP contribution in [0.3, 0.4) is 0 Å².